The molecule has 0 atom stereocenters. The fourth-order valence-corrected chi connectivity index (χ4v) is 3.59. The molecule has 0 aliphatic heterocycles. The fraction of sp³-hybridized carbons (Fsp3) is 0.846. The first-order valence-corrected chi connectivity index (χ1v) is 7.97. The van der Waals surface area contributed by atoms with Crippen LogP contribution in [0.3, 0.4) is 0 Å². The lowest BCUT2D eigenvalue weighted by Crippen LogP contribution is -2.84. The van der Waals surface area contributed by atoms with E-state index in [2.05, 4.69) is 26.6 Å². The van der Waals surface area contributed by atoms with E-state index in [0.29, 0.717) is 11.4 Å². The van der Waals surface area contributed by atoms with Gasteiger partial charge in [0.15, 0.2) is 0 Å². The van der Waals surface area contributed by atoms with Gasteiger partial charge in [0.25, 0.3) is 0 Å². The van der Waals surface area contributed by atoms with Crippen molar-refractivity contribution in [3.63, 3.8) is 0 Å². The molecule has 0 radical (unpaired) electrons. The van der Waals surface area contributed by atoms with E-state index in [1.807, 2.05) is 0 Å². The van der Waals surface area contributed by atoms with Crippen molar-refractivity contribution < 1.29 is 14.3 Å². The van der Waals surface area contributed by atoms with Crippen LogP contribution in [0.5, 0.6) is 0 Å². The standard InChI is InChI=1S/C13H19BrN2O3/c14-4-10(17)15-12-6-13(7-12,8-12)16-11(18)5-19-9-2-1-3-9/h9H,1-8H2,(H,15,17)(H,16,18). The van der Waals surface area contributed by atoms with E-state index in [4.69, 9.17) is 4.74 Å². The minimum absolute atomic E-state index is 0.0212. The maximum atomic E-state index is 11.8. The average Bonchev–Trinajstić information content (AvgIpc) is 2.22. The molecule has 4 aliphatic rings. The zero-order valence-corrected chi connectivity index (χ0v) is 12.4. The molecular formula is C13H19BrN2O3. The maximum absolute atomic E-state index is 11.8. The van der Waals surface area contributed by atoms with Crippen LogP contribution < -0.4 is 10.6 Å². The van der Waals surface area contributed by atoms with E-state index in [1.54, 1.807) is 0 Å². The molecule has 0 unspecified atom stereocenters. The van der Waals surface area contributed by atoms with Gasteiger partial charge >= 0.3 is 0 Å². The number of carbonyl (C=O) groups excluding carboxylic acids is 2. The van der Waals surface area contributed by atoms with Crippen LogP contribution in [-0.2, 0) is 14.3 Å². The summed E-state index contributed by atoms with van der Waals surface area (Å²) < 4.78 is 5.49. The van der Waals surface area contributed by atoms with E-state index in [1.165, 1.54) is 6.42 Å². The lowest BCUT2D eigenvalue weighted by molar-refractivity contribution is -0.152. The molecule has 0 saturated heterocycles. The number of rotatable bonds is 6. The summed E-state index contributed by atoms with van der Waals surface area (Å²) in [6.07, 6.45) is 6.24. The topological polar surface area (TPSA) is 67.4 Å². The second-order valence-electron chi connectivity index (χ2n) is 6.18. The van der Waals surface area contributed by atoms with Crippen LogP contribution in [0.25, 0.3) is 0 Å². The van der Waals surface area contributed by atoms with Crippen LogP contribution in [0, 0.1) is 0 Å². The molecular weight excluding hydrogens is 312 g/mol. The van der Waals surface area contributed by atoms with Crippen LogP contribution in [0.1, 0.15) is 38.5 Å². The normalized spacial score (nSPS) is 35.6. The van der Waals surface area contributed by atoms with Gasteiger partial charge in [-0.05, 0) is 38.5 Å². The van der Waals surface area contributed by atoms with Gasteiger partial charge in [0.05, 0.1) is 11.4 Å². The van der Waals surface area contributed by atoms with Crippen LogP contribution in [-0.4, -0.2) is 40.9 Å². The molecule has 0 heterocycles. The Morgan fingerprint density at radius 3 is 2.16 bits per heavy atom. The summed E-state index contributed by atoms with van der Waals surface area (Å²) in [4.78, 5) is 23.1. The van der Waals surface area contributed by atoms with Crippen molar-refractivity contribution >= 4 is 27.7 Å². The summed E-state index contributed by atoms with van der Waals surface area (Å²) in [5, 5.41) is 6.39. The molecule has 0 aromatic carbocycles. The lowest BCUT2D eigenvalue weighted by Gasteiger charge is -2.70. The zero-order valence-electron chi connectivity index (χ0n) is 10.8. The second kappa shape index (κ2) is 4.74. The third kappa shape index (κ3) is 2.52. The summed E-state index contributed by atoms with van der Waals surface area (Å²) in [5.41, 5.74) is -0.118. The van der Waals surface area contributed by atoms with Gasteiger partial charge in [-0.15, -0.1) is 0 Å². The van der Waals surface area contributed by atoms with Gasteiger partial charge in [-0.3, -0.25) is 9.59 Å². The summed E-state index contributed by atoms with van der Waals surface area (Å²) in [7, 11) is 0. The quantitative estimate of drug-likeness (QED) is 0.710. The average molecular weight is 331 g/mol. The Morgan fingerprint density at radius 1 is 1.11 bits per heavy atom. The van der Waals surface area contributed by atoms with Crippen molar-refractivity contribution in [2.45, 2.75) is 55.7 Å². The molecule has 106 valence electrons. The SMILES string of the molecule is O=C(CBr)NC12CC(NC(=O)COC3CCC3)(C1)C2. The zero-order chi connectivity index (χ0) is 13.5. The molecule has 4 aliphatic carbocycles. The van der Waals surface area contributed by atoms with Crippen molar-refractivity contribution in [2.24, 2.45) is 0 Å². The Hall–Kier alpha value is -0.620. The predicted molar refractivity (Wildman–Crippen MR) is 73.0 cm³/mol. The highest BCUT2D eigenvalue weighted by atomic mass is 79.9. The van der Waals surface area contributed by atoms with Crippen molar-refractivity contribution in [3.05, 3.63) is 0 Å². The Labute approximate surface area is 121 Å². The van der Waals surface area contributed by atoms with Gasteiger partial charge in [0.1, 0.15) is 6.61 Å². The summed E-state index contributed by atoms with van der Waals surface area (Å²) in [6.45, 7) is 0.174. The van der Waals surface area contributed by atoms with Gasteiger partial charge < -0.3 is 15.4 Å². The Kier molecular flexibility index (Phi) is 3.33. The molecule has 4 fully saturated rings. The van der Waals surface area contributed by atoms with Gasteiger partial charge in [-0.1, -0.05) is 15.9 Å². The van der Waals surface area contributed by atoms with E-state index in [-0.39, 0.29) is 29.5 Å². The van der Waals surface area contributed by atoms with Gasteiger partial charge in [-0.2, -0.15) is 0 Å². The summed E-state index contributed by atoms with van der Waals surface area (Å²) in [5.74, 6) is -0.0000358. The van der Waals surface area contributed by atoms with Gasteiger partial charge in [0.2, 0.25) is 11.8 Å². The Balaban J connectivity index is 1.37. The van der Waals surface area contributed by atoms with E-state index in [9.17, 15) is 9.59 Å². The minimum Gasteiger partial charge on any atom is -0.368 e. The third-order valence-corrected chi connectivity index (χ3v) is 4.97. The molecule has 2 amide bonds. The molecule has 0 aromatic heterocycles. The second-order valence-corrected chi connectivity index (χ2v) is 6.75. The molecule has 6 heteroatoms. The van der Waals surface area contributed by atoms with Crippen molar-refractivity contribution in [1.82, 2.24) is 10.6 Å². The number of amides is 2. The van der Waals surface area contributed by atoms with Crippen LogP contribution in [0.4, 0.5) is 0 Å². The smallest absolute Gasteiger partial charge is 0.246 e. The third-order valence-electron chi connectivity index (χ3n) is 4.46. The molecule has 4 rings (SSSR count). The predicted octanol–water partition coefficient (Wildman–Crippen LogP) is 0.858. The number of hydrogen-bond donors (Lipinski definition) is 2. The Bertz CT molecular complexity index is 389. The first-order chi connectivity index (χ1) is 9.05. The van der Waals surface area contributed by atoms with E-state index >= 15 is 0 Å². The molecule has 19 heavy (non-hydrogen) atoms. The van der Waals surface area contributed by atoms with Crippen LogP contribution in [0.2, 0.25) is 0 Å². The number of carbonyl (C=O) groups is 2. The molecule has 2 bridgehead atoms. The van der Waals surface area contributed by atoms with Gasteiger partial charge in [-0.25, -0.2) is 0 Å². The van der Waals surface area contributed by atoms with Crippen molar-refractivity contribution in [2.75, 3.05) is 11.9 Å². The highest BCUT2D eigenvalue weighted by molar-refractivity contribution is 9.09. The molecule has 0 spiro atoms. The largest absolute Gasteiger partial charge is 0.368 e. The lowest BCUT2D eigenvalue weighted by atomic mass is 9.44. The molecule has 4 saturated carbocycles. The monoisotopic (exact) mass is 330 g/mol. The summed E-state index contributed by atoms with van der Waals surface area (Å²) in [6, 6.07) is 0. The first-order valence-electron chi connectivity index (χ1n) is 6.84. The van der Waals surface area contributed by atoms with Crippen LogP contribution in [0.15, 0.2) is 0 Å². The first kappa shape index (κ1) is 13.4. The van der Waals surface area contributed by atoms with Crippen molar-refractivity contribution in [1.29, 1.82) is 0 Å². The maximum Gasteiger partial charge on any atom is 0.246 e. The van der Waals surface area contributed by atoms with Gasteiger partial charge in [0, 0.05) is 11.1 Å². The highest BCUT2D eigenvalue weighted by Crippen LogP contribution is 2.60. The molecule has 0 aromatic rings. The molecule has 5 nitrogen and oxygen atoms in total. The number of hydrogen-bond acceptors (Lipinski definition) is 3. The minimum atomic E-state index is -0.0698. The number of ether oxygens (including phenoxy) is 1. The number of alkyl halides is 1. The van der Waals surface area contributed by atoms with E-state index in [0.717, 1.165) is 32.1 Å². The van der Waals surface area contributed by atoms with Crippen LogP contribution >= 0.6 is 15.9 Å². The number of nitrogens with one attached hydrogen (secondary N) is 2. The number of halogens is 1. The summed E-state index contributed by atoms with van der Waals surface area (Å²) >= 11 is 3.14. The highest BCUT2D eigenvalue weighted by Gasteiger charge is 2.69. The molecule has 2 N–H and O–H groups in total. The Morgan fingerprint density at radius 2 is 1.68 bits per heavy atom. The fourth-order valence-electron chi connectivity index (χ4n) is 3.45. The van der Waals surface area contributed by atoms with Crippen molar-refractivity contribution in [3.8, 4) is 0 Å². The van der Waals surface area contributed by atoms with E-state index < -0.39 is 0 Å².